The molecule has 0 aliphatic carbocycles. The minimum Gasteiger partial charge on any atom is -0.477 e. The second kappa shape index (κ2) is 8.10. The Hall–Kier alpha value is -3.12. The summed E-state index contributed by atoms with van der Waals surface area (Å²) in [6, 6.07) is 1.01. The number of anilines is 1. The molecule has 5 heterocycles. The van der Waals surface area contributed by atoms with Crippen LogP contribution in [0.15, 0.2) is 24.7 Å². The zero-order chi connectivity index (χ0) is 22.3. The number of rotatable bonds is 4. The van der Waals surface area contributed by atoms with E-state index in [2.05, 4.69) is 30.2 Å². The molecule has 1 fully saturated rings. The Morgan fingerprint density at radius 3 is 2.62 bits per heavy atom. The van der Waals surface area contributed by atoms with Gasteiger partial charge in [-0.15, -0.1) is 11.3 Å². The molecule has 12 heteroatoms. The highest BCUT2D eigenvalue weighted by atomic mass is 32.1. The van der Waals surface area contributed by atoms with Crippen LogP contribution in [0.4, 0.5) is 19.1 Å². The van der Waals surface area contributed by atoms with Crippen molar-refractivity contribution in [2.75, 3.05) is 37.7 Å². The number of ether oxygens (including phenoxy) is 1. The Bertz CT molecular complexity index is 1270. The van der Waals surface area contributed by atoms with Crippen LogP contribution in [-0.4, -0.2) is 57.7 Å². The molecule has 1 N–H and O–H groups in total. The predicted octanol–water partition coefficient (Wildman–Crippen LogP) is 3.52. The lowest BCUT2D eigenvalue weighted by Gasteiger charge is -2.27. The van der Waals surface area contributed by atoms with Crippen molar-refractivity contribution in [1.82, 2.24) is 30.2 Å². The van der Waals surface area contributed by atoms with Crippen molar-refractivity contribution in [2.45, 2.75) is 13.1 Å². The number of piperazine rings is 1. The molecule has 8 nitrogen and oxygen atoms in total. The molecule has 0 aromatic carbocycles. The summed E-state index contributed by atoms with van der Waals surface area (Å²) in [7, 11) is 0. The van der Waals surface area contributed by atoms with Gasteiger partial charge < -0.3 is 15.0 Å². The van der Waals surface area contributed by atoms with Gasteiger partial charge >= 0.3 is 6.18 Å². The van der Waals surface area contributed by atoms with E-state index in [0.717, 1.165) is 30.5 Å². The Morgan fingerprint density at radius 2 is 1.94 bits per heavy atom. The summed E-state index contributed by atoms with van der Waals surface area (Å²) in [6.07, 6.45) is -0.362. The first-order valence-electron chi connectivity index (χ1n) is 10.0. The third kappa shape index (κ3) is 3.69. The molecule has 1 aliphatic rings. The molecule has 166 valence electrons. The number of halogens is 3. The SMILES string of the molecule is CCOc1nc(N2CCNCC2)nc2c1sc1nc(-c3cnccn3)cc(C(F)(F)F)c12. The van der Waals surface area contributed by atoms with E-state index in [1.165, 1.54) is 18.6 Å². The fourth-order valence-corrected chi connectivity index (χ4v) is 4.71. The molecule has 0 bridgehead atoms. The molecule has 0 atom stereocenters. The van der Waals surface area contributed by atoms with Crippen LogP contribution >= 0.6 is 11.3 Å². The summed E-state index contributed by atoms with van der Waals surface area (Å²) in [6.45, 7) is 4.92. The van der Waals surface area contributed by atoms with E-state index in [4.69, 9.17) is 4.74 Å². The molecule has 1 saturated heterocycles. The van der Waals surface area contributed by atoms with Gasteiger partial charge in [-0.1, -0.05) is 0 Å². The maximum Gasteiger partial charge on any atom is 0.417 e. The number of hydrogen-bond acceptors (Lipinski definition) is 9. The third-order valence-corrected chi connectivity index (χ3v) is 6.12. The smallest absolute Gasteiger partial charge is 0.417 e. The van der Waals surface area contributed by atoms with Crippen molar-refractivity contribution in [3.63, 3.8) is 0 Å². The molecule has 0 amide bonds. The zero-order valence-electron chi connectivity index (χ0n) is 17.0. The molecule has 5 rings (SSSR count). The van der Waals surface area contributed by atoms with Crippen LogP contribution in [0.25, 0.3) is 31.8 Å². The van der Waals surface area contributed by atoms with Gasteiger partial charge in [0.1, 0.15) is 20.7 Å². The fourth-order valence-electron chi connectivity index (χ4n) is 3.63. The average Bonchev–Trinajstić information content (AvgIpc) is 3.18. The van der Waals surface area contributed by atoms with Gasteiger partial charge in [0, 0.05) is 38.6 Å². The zero-order valence-corrected chi connectivity index (χ0v) is 17.8. The number of alkyl halides is 3. The van der Waals surface area contributed by atoms with E-state index in [0.29, 0.717) is 30.3 Å². The van der Waals surface area contributed by atoms with Gasteiger partial charge in [-0.05, 0) is 13.0 Å². The maximum atomic E-state index is 14.2. The summed E-state index contributed by atoms with van der Waals surface area (Å²) < 4.78 is 48.7. The van der Waals surface area contributed by atoms with Crippen LogP contribution in [0.1, 0.15) is 12.5 Å². The highest BCUT2D eigenvalue weighted by molar-refractivity contribution is 7.25. The first-order chi connectivity index (χ1) is 15.5. The largest absolute Gasteiger partial charge is 0.477 e. The Kier molecular flexibility index (Phi) is 5.25. The first-order valence-corrected chi connectivity index (χ1v) is 10.8. The van der Waals surface area contributed by atoms with E-state index < -0.39 is 11.7 Å². The lowest BCUT2D eigenvalue weighted by molar-refractivity contribution is -0.136. The highest BCUT2D eigenvalue weighted by Gasteiger charge is 2.36. The lowest BCUT2D eigenvalue weighted by atomic mass is 10.1. The molecule has 0 unspecified atom stereocenters. The fraction of sp³-hybridized carbons (Fsp3) is 0.350. The van der Waals surface area contributed by atoms with Crippen molar-refractivity contribution < 1.29 is 17.9 Å². The topological polar surface area (TPSA) is 89.0 Å². The summed E-state index contributed by atoms with van der Waals surface area (Å²) in [5.74, 6) is 0.622. The summed E-state index contributed by atoms with van der Waals surface area (Å²) in [4.78, 5) is 23.7. The summed E-state index contributed by atoms with van der Waals surface area (Å²) in [5.41, 5.74) is -0.267. The van der Waals surface area contributed by atoms with E-state index >= 15 is 0 Å². The molecule has 32 heavy (non-hydrogen) atoms. The van der Waals surface area contributed by atoms with Gasteiger partial charge in [-0.2, -0.15) is 18.2 Å². The number of aromatic nitrogens is 5. The Morgan fingerprint density at radius 1 is 1.12 bits per heavy atom. The Labute approximate surface area is 184 Å². The molecule has 1 aliphatic heterocycles. The molecular weight excluding hydrogens is 443 g/mol. The van der Waals surface area contributed by atoms with Crippen LogP contribution in [0, 0.1) is 0 Å². The van der Waals surface area contributed by atoms with E-state index in [1.54, 1.807) is 6.92 Å². The van der Waals surface area contributed by atoms with Gasteiger partial charge in [-0.3, -0.25) is 9.97 Å². The molecule has 4 aromatic rings. The quantitative estimate of drug-likeness (QED) is 0.494. The van der Waals surface area contributed by atoms with Crippen molar-refractivity contribution in [3.8, 4) is 17.3 Å². The van der Waals surface area contributed by atoms with Gasteiger partial charge in [0.15, 0.2) is 0 Å². The van der Waals surface area contributed by atoms with Gasteiger partial charge in [-0.25, -0.2) is 9.97 Å². The number of fused-ring (bicyclic) bond motifs is 3. The van der Waals surface area contributed by atoms with Crippen molar-refractivity contribution in [2.24, 2.45) is 0 Å². The number of pyridine rings is 1. The number of hydrogen-bond donors (Lipinski definition) is 1. The predicted molar refractivity (Wildman–Crippen MR) is 115 cm³/mol. The van der Waals surface area contributed by atoms with E-state index in [1.807, 2.05) is 4.90 Å². The summed E-state index contributed by atoms with van der Waals surface area (Å²) >= 11 is 1.08. The van der Waals surface area contributed by atoms with Crippen LogP contribution < -0.4 is 15.0 Å². The summed E-state index contributed by atoms with van der Waals surface area (Å²) in [5, 5.41) is 3.19. The normalized spacial score (nSPS) is 14.9. The van der Waals surface area contributed by atoms with Crippen LogP contribution in [0.5, 0.6) is 5.88 Å². The van der Waals surface area contributed by atoms with Crippen LogP contribution in [-0.2, 0) is 6.18 Å². The van der Waals surface area contributed by atoms with Gasteiger partial charge in [0.05, 0.1) is 29.4 Å². The molecule has 0 saturated carbocycles. The standard InChI is InChI=1S/C20H18F3N7OS/c1-2-31-17-16-15(28-19(29-17)30-7-5-24-6-8-30)14-11(20(21,22)23)9-12(27-18(14)32-16)13-10-25-3-4-26-13/h3-4,9-10,24H,2,5-8H2,1H3. The minimum atomic E-state index is -4.61. The van der Waals surface area contributed by atoms with E-state index in [9.17, 15) is 13.2 Å². The van der Waals surface area contributed by atoms with Gasteiger partial charge in [0.25, 0.3) is 0 Å². The van der Waals surface area contributed by atoms with Crippen molar-refractivity contribution in [3.05, 3.63) is 30.2 Å². The number of nitrogens with zero attached hydrogens (tertiary/aromatic N) is 6. The minimum absolute atomic E-state index is 0.0510. The first kappa shape index (κ1) is 20.8. The van der Waals surface area contributed by atoms with Gasteiger partial charge in [0.2, 0.25) is 11.8 Å². The van der Waals surface area contributed by atoms with Crippen molar-refractivity contribution in [1.29, 1.82) is 0 Å². The lowest BCUT2D eigenvalue weighted by Crippen LogP contribution is -2.44. The highest BCUT2D eigenvalue weighted by Crippen LogP contribution is 2.45. The molecule has 0 radical (unpaired) electrons. The second-order valence-electron chi connectivity index (χ2n) is 7.10. The average molecular weight is 461 g/mol. The number of nitrogens with one attached hydrogen (secondary N) is 1. The van der Waals surface area contributed by atoms with Crippen LogP contribution in [0.3, 0.4) is 0 Å². The van der Waals surface area contributed by atoms with E-state index in [-0.39, 0.29) is 33.0 Å². The monoisotopic (exact) mass is 461 g/mol. The maximum absolute atomic E-state index is 14.2. The van der Waals surface area contributed by atoms with Crippen LogP contribution in [0.2, 0.25) is 0 Å². The number of thiophene rings is 1. The molecular formula is C20H18F3N7OS. The second-order valence-corrected chi connectivity index (χ2v) is 8.10. The molecule has 4 aromatic heterocycles. The molecule has 0 spiro atoms. The third-order valence-electron chi connectivity index (χ3n) is 5.06. The van der Waals surface area contributed by atoms with Crippen molar-refractivity contribution >= 4 is 37.7 Å². The Balaban J connectivity index is 1.80.